The standard InChI is InChI=1S/C51H83NO10/c1-32-16-13-12-14-17-34(3)44(60-10)27-33(2)19-20-39(8)51(9,59)31-46(55)52-25-15-18-42(52)50(58)62-45(36(5)29-40-21-23-41(53)24-22-40)30-43(54)35(4)28-38(7)48(57)49(61-11)47(56)37(6)26-32/h12-14,16-17,28,32-33,35-37,39-42,44-45,48-49,53,57,59H,15,18-27,29-31H2,1-11H3/b14-12+,16-13+,34-17?,38-28+/t32-,33+,35-,36-,37-,39-,40?,41?,42?,44+,45+,48-,49+,51-/m1/s1. The number of aliphatic hydroxyl groups excluding tert-OH is 2. The number of ether oxygens (including phenoxy) is 3. The Bertz CT molecular complexity index is 1570. The zero-order valence-corrected chi connectivity index (χ0v) is 40.0. The first-order valence-corrected chi connectivity index (χ1v) is 23.6. The first kappa shape index (κ1) is 53.4. The molecule has 1 saturated heterocycles. The monoisotopic (exact) mass is 870 g/mol. The fraction of sp³-hybridized carbons (Fsp3) is 0.765. The number of amides is 1. The minimum Gasteiger partial charge on any atom is -0.460 e. The van der Waals surface area contributed by atoms with Crippen LogP contribution in [0.5, 0.6) is 0 Å². The van der Waals surface area contributed by atoms with Crippen LogP contribution in [0.2, 0.25) is 0 Å². The van der Waals surface area contributed by atoms with Crippen LogP contribution in [0.3, 0.4) is 0 Å². The Labute approximate surface area is 373 Å². The first-order chi connectivity index (χ1) is 29.2. The Kier molecular flexibility index (Phi) is 22.0. The Hall–Kier alpha value is -2.96. The van der Waals surface area contributed by atoms with Gasteiger partial charge in [-0.2, -0.15) is 0 Å². The zero-order chi connectivity index (χ0) is 46.3. The van der Waals surface area contributed by atoms with E-state index in [-0.39, 0.29) is 60.3 Å². The predicted molar refractivity (Wildman–Crippen MR) is 244 cm³/mol. The fourth-order valence-corrected chi connectivity index (χ4v) is 9.61. The molecule has 0 aromatic heterocycles. The van der Waals surface area contributed by atoms with Crippen molar-refractivity contribution in [2.24, 2.45) is 41.4 Å². The number of hydrogen-bond acceptors (Lipinski definition) is 10. The summed E-state index contributed by atoms with van der Waals surface area (Å²) in [5.74, 6) is -1.95. The number of carbonyl (C=O) groups is 4. The summed E-state index contributed by atoms with van der Waals surface area (Å²) in [5, 5.41) is 33.2. The summed E-state index contributed by atoms with van der Waals surface area (Å²) in [4.78, 5) is 57.2. The van der Waals surface area contributed by atoms with Crippen LogP contribution in [0.15, 0.2) is 47.6 Å². The number of methoxy groups -OCH3 is 2. The van der Waals surface area contributed by atoms with E-state index >= 15 is 0 Å². The molecule has 352 valence electrons. The van der Waals surface area contributed by atoms with Crippen LogP contribution in [0.4, 0.5) is 0 Å². The van der Waals surface area contributed by atoms with Gasteiger partial charge in [-0.15, -0.1) is 0 Å². The number of Topliss-reactive ketones (excluding diaryl/α,β-unsaturated/α-hetero) is 2. The lowest BCUT2D eigenvalue weighted by Gasteiger charge is -2.34. The highest BCUT2D eigenvalue weighted by atomic mass is 16.5. The minimum atomic E-state index is -1.29. The van der Waals surface area contributed by atoms with E-state index in [1.54, 1.807) is 38.9 Å². The summed E-state index contributed by atoms with van der Waals surface area (Å²) in [5.41, 5.74) is 0.238. The molecule has 3 aliphatic rings. The third-order valence-corrected chi connectivity index (χ3v) is 14.3. The smallest absolute Gasteiger partial charge is 0.329 e. The summed E-state index contributed by atoms with van der Waals surface area (Å²) in [6, 6.07) is -0.815. The average Bonchev–Trinajstić information content (AvgIpc) is 3.72. The number of ketones is 2. The number of hydrogen-bond donors (Lipinski definition) is 3. The molecule has 1 saturated carbocycles. The van der Waals surface area contributed by atoms with Gasteiger partial charge in [0, 0.05) is 39.0 Å². The topological polar surface area (TPSA) is 160 Å². The van der Waals surface area contributed by atoms with Crippen molar-refractivity contribution in [3.63, 3.8) is 0 Å². The summed E-state index contributed by atoms with van der Waals surface area (Å²) < 4.78 is 17.7. The van der Waals surface area contributed by atoms with Crippen molar-refractivity contribution in [3.05, 3.63) is 47.6 Å². The van der Waals surface area contributed by atoms with E-state index in [0.29, 0.717) is 62.5 Å². The van der Waals surface area contributed by atoms with Crippen molar-refractivity contribution in [1.82, 2.24) is 4.90 Å². The second kappa shape index (κ2) is 25.5. The van der Waals surface area contributed by atoms with Crippen molar-refractivity contribution in [2.75, 3.05) is 20.8 Å². The Morgan fingerprint density at radius 2 is 1.55 bits per heavy atom. The van der Waals surface area contributed by atoms with Gasteiger partial charge in [0.25, 0.3) is 0 Å². The van der Waals surface area contributed by atoms with E-state index in [9.17, 15) is 34.5 Å². The highest BCUT2D eigenvalue weighted by molar-refractivity contribution is 5.87. The van der Waals surface area contributed by atoms with Crippen LogP contribution < -0.4 is 0 Å². The Morgan fingerprint density at radius 3 is 2.19 bits per heavy atom. The van der Waals surface area contributed by atoms with E-state index in [2.05, 4.69) is 19.9 Å². The van der Waals surface area contributed by atoms with Crippen molar-refractivity contribution in [1.29, 1.82) is 0 Å². The van der Waals surface area contributed by atoms with Gasteiger partial charge in [0.05, 0.1) is 24.2 Å². The molecule has 2 fully saturated rings. The lowest BCUT2D eigenvalue weighted by Crippen LogP contribution is -2.47. The number of rotatable bonds is 5. The van der Waals surface area contributed by atoms with Crippen molar-refractivity contribution in [2.45, 2.75) is 188 Å². The third kappa shape index (κ3) is 16.2. The molecule has 3 N–H and O–H groups in total. The van der Waals surface area contributed by atoms with Gasteiger partial charge in [-0.05, 0) is 126 Å². The molecule has 1 amide bonds. The fourth-order valence-electron chi connectivity index (χ4n) is 9.61. The maximum atomic E-state index is 14.1. The number of aliphatic hydroxyl groups is 3. The predicted octanol–water partition coefficient (Wildman–Crippen LogP) is 8.29. The lowest BCUT2D eigenvalue weighted by molar-refractivity contribution is -0.163. The third-order valence-electron chi connectivity index (χ3n) is 14.3. The molecular weight excluding hydrogens is 787 g/mol. The molecule has 3 rings (SSSR count). The normalized spacial score (nSPS) is 39.0. The average molecular weight is 870 g/mol. The molecule has 0 radical (unpaired) electrons. The van der Waals surface area contributed by atoms with E-state index in [4.69, 9.17) is 14.2 Å². The molecule has 0 spiro atoms. The molecule has 1 unspecified atom stereocenters. The van der Waals surface area contributed by atoms with Crippen molar-refractivity contribution >= 4 is 23.4 Å². The SMILES string of the molecule is CO[C@H]1C[C@@H](C)CC[C@@H](C)[C@](C)(O)CC(=O)N2CCCC2C(=O)O[C@H]([C@H](C)CC2CCC(O)CC2)CC(=O)[C@H](C)/C=C(\C)[C@@H](O)[C@@H](OC)C(=O)[C@H](C)C[C@H](C)/C=C/C=C/C=C1C. The van der Waals surface area contributed by atoms with Gasteiger partial charge in [-0.25, -0.2) is 4.79 Å². The molecule has 11 nitrogen and oxygen atoms in total. The van der Waals surface area contributed by atoms with E-state index in [0.717, 1.165) is 37.7 Å². The van der Waals surface area contributed by atoms with Gasteiger partial charge in [0.15, 0.2) is 5.78 Å². The van der Waals surface area contributed by atoms with Crippen LogP contribution in [-0.2, 0) is 33.4 Å². The maximum Gasteiger partial charge on any atom is 0.329 e. The van der Waals surface area contributed by atoms with Crippen LogP contribution in [-0.4, -0.2) is 107 Å². The summed E-state index contributed by atoms with van der Waals surface area (Å²) in [6.45, 7) is 17.6. The van der Waals surface area contributed by atoms with Crippen LogP contribution in [0, 0.1) is 41.4 Å². The Morgan fingerprint density at radius 1 is 0.871 bits per heavy atom. The zero-order valence-electron chi connectivity index (χ0n) is 40.0. The summed E-state index contributed by atoms with van der Waals surface area (Å²) in [7, 11) is 3.12. The molecular formula is C51H83NO10. The molecule has 2 heterocycles. The van der Waals surface area contributed by atoms with Gasteiger partial charge in [-0.3, -0.25) is 14.4 Å². The molecule has 11 heteroatoms. The lowest BCUT2D eigenvalue weighted by atomic mass is 9.79. The number of allylic oxidation sites excluding steroid dienone is 6. The largest absolute Gasteiger partial charge is 0.460 e. The van der Waals surface area contributed by atoms with Crippen molar-refractivity contribution in [3.8, 4) is 0 Å². The molecule has 12 atom stereocenters. The van der Waals surface area contributed by atoms with E-state index in [1.165, 1.54) is 7.11 Å². The molecule has 0 aromatic carbocycles. The summed E-state index contributed by atoms with van der Waals surface area (Å²) >= 11 is 0. The van der Waals surface area contributed by atoms with E-state index < -0.39 is 47.8 Å². The van der Waals surface area contributed by atoms with Gasteiger partial charge < -0.3 is 34.4 Å². The first-order valence-electron chi connectivity index (χ1n) is 23.6. The van der Waals surface area contributed by atoms with Gasteiger partial charge >= 0.3 is 5.97 Å². The highest BCUT2D eigenvalue weighted by Crippen LogP contribution is 2.34. The number of esters is 1. The minimum absolute atomic E-state index is 0.0559. The molecule has 0 aromatic rings. The maximum absolute atomic E-state index is 14.1. The van der Waals surface area contributed by atoms with Gasteiger partial charge in [0.2, 0.25) is 5.91 Å². The van der Waals surface area contributed by atoms with Crippen LogP contribution >= 0.6 is 0 Å². The van der Waals surface area contributed by atoms with Crippen LogP contribution in [0.25, 0.3) is 0 Å². The van der Waals surface area contributed by atoms with Crippen LogP contribution in [0.1, 0.15) is 146 Å². The second-order valence-electron chi connectivity index (χ2n) is 19.9. The highest BCUT2D eigenvalue weighted by Gasteiger charge is 2.41. The Balaban J connectivity index is 1.93. The molecule has 1 aliphatic carbocycles. The summed E-state index contributed by atoms with van der Waals surface area (Å²) in [6.07, 6.45) is 15.8. The number of nitrogens with zero attached hydrogens (tertiary/aromatic N) is 1. The number of cyclic esters (lactones) is 1. The number of fused-ring (bicyclic) bond motifs is 1. The molecule has 0 bridgehead atoms. The molecule has 62 heavy (non-hydrogen) atoms. The van der Waals surface area contributed by atoms with Gasteiger partial charge in [-0.1, -0.05) is 84.4 Å². The quantitative estimate of drug-likeness (QED) is 0.181. The van der Waals surface area contributed by atoms with Gasteiger partial charge in [0.1, 0.15) is 30.1 Å². The second-order valence-corrected chi connectivity index (χ2v) is 19.9. The van der Waals surface area contributed by atoms with Crippen molar-refractivity contribution < 1.29 is 48.7 Å². The number of carbonyl (C=O) groups excluding carboxylic acids is 4. The van der Waals surface area contributed by atoms with E-state index in [1.807, 2.05) is 52.0 Å². The molecule has 2 aliphatic heterocycles.